The van der Waals surface area contributed by atoms with Crippen LogP contribution in [0.1, 0.15) is 0 Å². The normalized spacial score (nSPS) is 10.3. The van der Waals surface area contributed by atoms with Gasteiger partial charge >= 0.3 is 0 Å². The molecule has 0 N–H and O–H groups in total. The van der Waals surface area contributed by atoms with Crippen molar-refractivity contribution in [1.29, 1.82) is 0 Å². The van der Waals surface area contributed by atoms with Crippen molar-refractivity contribution in [1.82, 2.24) is 4.98 Å². The smallest absolute Gasteiger partial charge is 0.136 e. The summed E-state index contributed by atoms with van der Waals surface area (Å²) in [6.45, 7) is 0. The number of aromatic nitrogens is 1. The fourth-order valence-electron chi connectivity index (χ4n) is 1.45. The van der Waals surface area contributed by atoms with Crippen LogP contribution >= 0.6 is 23.4 Å². The summed E-state index contributed by atoms with van der Waals surface area (Å²) in [5.41, 5.74) is 2.13. The number of hydrogen-bond acceptors (Lipinski definition) is 2. The Kier molecular flexibility index (Phi) is 3.29. The highest BCUT2D eigenvalue weighted by molar-refractivity contribution is 7.98. The Hall–Kier alpha value is -0.990. The summed E-state index contributed by atoms with van der Waals surface area (Å²) in [5, 5.41) is 0.555. The van der Waals surface area contributed by atoms with Gasteiger partial charge in [-0.15, -0.1) is 11.8 Å². The summed E-state index contributed by atoms with van der Waals surface area (Å²) in [6.07, 6.45) is 3.76. The third kappa shape index (κ3) is 2.16. The zero-order chi connectivity index (χ0) is 10.7. The Balaban J connectivity index is 2.59. The standard InChI is InChI=1S/C12H10ClNS/c1-15-11-7-3-2-5-9(11)10-6-4-8-14-12(10)13/h2-8H,1H3. The van der Waals surface area contributed by atoms with Gasteiger partial charge in [0.1, 0.15) is 5.15 Å². The summed E-state index contributed by atoms with van der Waals surface area (Å²) >= 11 is 7.78. The third-order valence-electron chi connectivity index (χ3n) is 2.16. The Morgan fingerprint density at radius 1 is 1.07 bits per heavy atom. The van der Waals surface area contributed by atoms with Crippen molar-refractivity contribution in [3.63, 3.8) is 0 Å². The van der Waals surface area contributed by atoms with Crippen molar-refractivity contribution >= 4 is 23.4 Å². The highest BCUT2D eigenvalue weighted by Gasteiger charge is 2.07. The minimum Gasteiger partial charge on any atom is -0.244 e. The maximum Gasteiger partial charge on any atom is 0.136 e. The SMILES string of the molecule is CSc1ccccc1-c1cccnc1Cl. The molecule has 15 heavy (non-hydrogen) atoms. The summed E-state index contributed by atoms with van der Waals surface area (Å²) in [4.78, 5) is 5.30. The van der Waals surface area contributed by atoms with Gasteiger partial charge in [-0.3, -0.25) is 0 Å². The molecular formula is C12H10ClNS. The molecule has 0 unspecified atom stereocenters. The average Bonchev–Trinajstić information content (AvgIpc) is 2.30. The summed E-state index contributed by atoms with van der Waals surface area (Å²) < 4.78 is 0. The molecule has 76 valence electrons. The quantitative estimate of drug-likeness (QED) is 0.574. The van der Waals surface area contributed by atoms with E-state index in [4.69, 9.17) is 11.6 Å². The van der Waals surface area contributed by atoms with Crippen molar-refractivity contribution in [3.8, 4) is 11.1 Å². The zero-order valence-corrected chi connectivity index (χ0v) is 9.85. The number of nitrogens with zero attached hydrogens (tertiary/aromatic N) is 1. The molecule has 0 aliphatic carbocycles. The summed E-state index contributed by atoms with van der Waals surface area (Å²) in [5.74, 6) is 0. The van der Waals surface area contributed by atoms with Crippen LogP contribution in [-0.2, 0) is 0 Å². The summed E-state index contributed by atoms with van der Waals surface area (Å²) in [6, 6.07) is 12.1. The highest BCUT2D eigenvalue weighted by atomic mass is 35.5. The lowest BCUT2D eigenvalue weighted by Gasteiger charge is -2.07. The Bertz CT molecular complexity index is 471. The minimum atomic E-state index is 0.555. The van der Waals surface area contributed by atoms with Crippen molar-refractivity contribution in [2.45, 2.75) is 4.90 Å². The van der Waals surface area contributed by atoms with Crippen LogP contribution in [0, 0.1) is 0 Å². The number of rotatable bonds is 2. The number of hydrogen-bond donors (Lipinski definition) is 0. The Morgan fingerprint density at radius 2 is 1.80 bits per heavy atom. The van der Waals surface area contributed by atoms with Crippen LogP contribution in [0.2, 0.25) is 5.15 Å². The molecule has 0 spiro atoms. The highest BCUT2D eigenvalue weighted by Crippen LogP contribution is 2.33. The maximum atomic E-state index is 6.07. The molecule has 0 saturated carbocycles. The first-order chi connectivity index (χ1) is 7.33. The molecule has 0 fully saturated rings. The number of thioether (sulfide) groups is 1. The monoisotopic (exact) mass is 235 g/mol. The molecule has 0 saturated heterocycles. The van der Waals surface area contributed by atoms with Crippen molar-refractivity contribution in [2.75, 3.05) is 6.26 Å². The van der Waals surface area contributed by atoms with E-state index in [0.717, 1.165) is 11.1 Å². The second kappa shape index (κ2) is 4.69. The van der Waals surface area contributed by atoms with Gasteiger partial charge in [0.25, 0.3) is 0 Å². The molecule has 2 rings (SSSR count). The van der Waals surface area contributed by atoms with Crippen LogP contribution in [0.4, 0.5) is 0 Å². The molecule has 0 aliphatic heterocycles. The predicted octanol–water partition coefficient (Wildman–Crippen LogP) is 4.12. The van der Waals surface area contributed by atoms with Gasteiger partial charge in [-0.2, -0.15) is 0 Å². The van der Waals surface area contributed by atoms with Crippen LogP contribution in [0.15, 0.2) is 47.5 Å². The zero-order valence-electron chi connectivity index (χ0n) is 8.27. The molecule has 0 amide bonds. The first kappa shape index (κ1) is 10.5. The minimum absolute atomic E-state index is 0.555. The number of benzene rings is 1. The van der Waals surface area contributed by atoms with E-state index < -0.39 is 0 Å². The summed E-state index contributed by atoms with van der Waals surface area (Å²) in [7, 11) is 0. The van der Waals surface area contributed by atoms with Crippen molar-refractivity contribution in [2.24, 2.45) is 0 Å². The van der Waals surface area contributed by atoms with E-state index >= 15 is 0 Å². The van der Waals surface area contributed by atoms with Crippen LogP contribution < -0.4 is 0 Å². The predicted molar refractivity (Wildman–Crippen MR) is 66.5 cm³/mol. The molecular weight excluding hydrogens is 226 g/mol. The van der Waals surface area contributed by atoms with E-state index in [1.165, 1.54) is 4.90 Å². The largest absolute Gasteiger partial charge is 0.244 e. The first-order valence-electron chi connectivity index (χ1n) is 4.57. The second-order valence-corrected chi connectivity index (χ2v) is 4.25. The lowest BCUT2D eigenvalue weighted by molar-refractivity contribution is 1.31. The van der Waals surface area contributed by atoms with E-state index in [1.807, 2.05) is 24.3 Å². The molecule has 0 radical (unpaired) electrons. The van der Waals surface area contributed by atoms with Crippen LogP contribution in [0.25, 0.3) is 11.1 Å². The van der Waals surface area contributed by atoms with Crippen LogP contribution in [-0.4, -0.2) is 11.2 Å². The Labute approximate surface area is 98.5 Å². The lowest BCUT2D eigenvalue weighted by Crippen LogP contribution is -1.84. The van der Waals surface area contributed by atoms with E-state index in [1.54, 1.807) is 18.0 Å². The molecule has 3 heteroatoms. The molecule has 1 nitrogen and oxygen atoms in total. The molecule has 0 aliphatic rings. The van der Waals surface area contributed by atoms with Crippen LogP contribution in [0.3, 0.4) is 0 Å². The van der Waals surface area contributed by atoms with Crippen molar-refractivity contribution < 1.29 is 0 Å². The fourth-order valence-corrected chi connectivity index (χ4v) is 2.29. The maximum absolute atomic E-state index is 6.07. The topological polar surface area (TPSA) is 12.9 Å². The Morgan fingerprint density at radius 3 is 2.53 bits per heavy atom. The van der Waals surface area contributed by atoms with Gasteiger partial charge in [0.2, 0.25) is 0 Å². The van der Waals surface area contributed by atoms with E-state index in [0.29, 0.717) is 5.15 Å². The van der Waals surface area contributed by atoms with Crippen molar-refractivity contribution in [3.05, 3.63) is 47.7 Å². The van der Waals surface area contributed by atoms with Gasteiger partial charge in [-0.05, 0) is 30.0 Å². The first-order valence-corrected chi connectivity index (χ1v) is 6.17. The number of halogens is 1. The fraction of sp³-hybridized carbons (Fsp3) is 0.0833. The third-order valence-corrected chi connectivity index (χ3v) is 3.25. The molecule has 2 aromatic rings. The number of pyridine rings is 1. The van der Waals surface area contributed by atoms with Gasteiger partial charge in [0, 0.05) is 16.7 Å². The van der Waals surface area contributed by atoms with Crippen LogP contribution in [0.5, 0.6) is 0 Å². The van der Waals surface area contributed by atoms with Gasteiger partial charge in [0.15, 0.2) is 0 Å². The lowest BCUT2D eigenvalue weighted by atomic mass is 10.1. The molecule has 1 aromatic heterocycles. The molecule has 0 bridgehead atoms. The van der Waals surface area contributed by atoms with Gasteiger partial charge < -0.3 is 0 Å². The molecule has 0 atom stereocenters. The van der Waals surface area contributed by atoms with E-state index in [-0.39, 0.29) is 0 Å². The van der Waals surface area contributed by atoms with E-state index in [9.17, 15) is 0 Å². The second-order valence-electron chi connectivity index (χ2n) is 3.04. The average molecular weight is 236 g/mol. The molecule has 1 aromatic carbocycles. The van der Waals surface area contributed by atoms with Gasteiger partial charge in [-0.1, -0.05) is 29.8 Å². The molecule has 1 heterocycles. The van der Waals surface area contributed by atoms with Gasteiger partial charge in [-0.25, -0.2) is 4.98 Å². The van der Waals surface area contributed by atoms with E-state index in [2.05, 4.69) is 23.4 Å². The van der Waals surface area contributed by atoms with Gasteiger partial charge in [0.05, 0.1) is 0 Å².